The maximum absolute atomic E-state index is 12.3. The zero-order chi connectivity index (χ0) is 20.7. The average molecular weight is 387 g/mol. The van der Waals surface area contributed by atoms with Gasteiger partial charge in [0.1, 0.15) is 5.82 Å². The third kappa shape index (κ3) is 4.81. The van der Waals surface area contributed by atoms with Gasteiger partial charge in [0, 0.05) is 19.9 Å². The molecule has 0 aliphatic rings. The molecule has 0 unspecified atom stereocenters. The van der Waals surface area contributed by atoms with Crippen LogP contribution in [0.25, 0.3) is 10.9 Å². The van der Waals surface area contributed by atoms with Crippen molar-refractivity contribution in [1.29, 1.82) is 0 Å². The fourth-order valence-corrected chi connectivity index (χ4v) is 2.72. The van der Waals surface area contributed by atoms with Crippen LogP contribution in [0.4, 0.5) is 0 Å². The minimum absolute atomic E-state index is 0.0742. The minimum Gasteiger partial charge on any atom is -0.493 e. The fourth-order valence-electron chi connectivity index (χ4n) is 2.72. The topological polar surface area (TPSA) is 93.8 Å². The molecule has 0 fully saturated rings. The van der Waals surface area contributed by atoms with Crippen molar-refractivity contribution in [1.82, 2.24) is 15.0 Å². The predicted octanol–water partition coefficient (Wildman–Crippen LogP) is 2.18. The molecule has 0 spiro atoms. The second-order valence-corrected chi connectivity index (χ2v) is 6.12. The van der Waals surface area contributed by atoms with Gasteiger partial charge in [-0.3, -0.25) is 14.4 Å². The molecule has 0 aliphatic carbocycles. The largest absolute Gasteiger partial charge is 0.493 e. The molecule has 0 aliphatic heterocycles. The molecular weight excluding hydrogens is 362 g/mol. The molecule has 0 bridgehead atoms. The number of rotatable bonds is 7. The molecule has 2 aromatic rings. The Morgan fingerprint density at radius 1 is 1.25 bits per heavy atom. The maximum Gasteiger partial charge on any atom is 0.258 e. The van der Waals surface area contributed by atoms with Gasteiger partial charge in [-0.05, 0) is 25.8 Å². The Balaban J connectivity index is 2.26. The first-order valence-corrected chi connectivity index (χ1v) is 8.88. The Morgan fingerprint density at radius 3 is 2.64 bits per heavy atom. The second-order valence-electron chi connectivity index (χ2n) is 6.12. The number of ether oxygens (including phenoxy) is 2. The molecule has 28 heavy (non-hydrogen) atoms. The Labute approximate surface area is 163 Å². The van der Waals surface area contributed by atoms with Crippen molar-refractivity contribution in [3.63, 3.8) is 0 Å². The van der Waals surface area contributed by atoms with E-state index in [2.05, 4.69) is 21.8 Å². The first kappa shape index (κ1) is 21.3. The van der Waals surface area contributed by atoms with Gasteiger partial charge in [0.25, 0.3) is 5.56 Å². The average Bonchev–Trinajstić information content (AvgIpc) is 2.69. The first-order valence-electron chi connectivity index (χ1n) is 8.88. The van der Waals surface area contributed by atoms with Gasteiger partial charge in [0.2, 0.25) is 5.91 Å². The monoisotopic (exact) mass is 387 g/mol. The van der Waals surface area contributed by atoms with Gasteiger partial charge in [-0.15, -0.1) is 0 Å². The van der Waals surface area contributed by atoms with Crippen LogP contribution in [0.15, 0.2) is 10.9 Å². The molecule has 1 N–H and O–H groups in total. The highest BCUT2D eigenvalue weighted by atomic mass is 16.7. The number of hydroxylamine groups is 2. The van der Waals surface area contributed by atoms with Crippen LogP contribution < -0.4 is 15.0 Å². The van der Waals surface area contributed by atoms with E-state index < -0.39 is 0 Å². The smallest absolute Gasteiger partial charge is 0.258 e. The van der Waals surface area contributed by atoms with Crippen molar-refractivity contribution in [3.05, 3.63) is 27.8 Å². The summed E-state index contributed by atoms with van der Waals surface area (Å²) >= 11 is 0. The van der Waals surface area contributed by atoms with Crippen molar-refractivity contribution in [2.45, 2.75) is 32.6 Å². The molecule has 0 radical (unpaired) electrons. The zero-order valence-electron chi connectivity index (χ0n) is 16.8. The Morgan fingerprint density at radius 2 is 2.00 bits per heavy atom. The van der Waals surface area contributed by atoms with Crippen molar-refractivity contribution in [2.75, 3.05) is 28.4 Å². The number of nitrogens with zero attached hydrogens (tertiary/aromatic N) is 2. The molecule has 0 saturated heterocycles. The molecule has 8 nitrogen and oxygen atoms in total. The van der Waals surface area contributed by atoms with Crippen LogP contribution in [0.5, 0.6) is 11.5 Å². The Hall–Kier alpha value is -3.05. The standard InChI is InChI=1S/C20H25N3O5/c1-13-21-18-14(10-8-6-7-9-11-17(24)23(2)28-5)19(27-4)16(26-3)12-15(18)20(25)22-13/h12H,6-7,9,11H2,1-5H3,(H,21,22,25). The Bertz CT molecular complexity index is 972. The van der Waals surface area contributed by atoms with Crippen molar-refractivity contribution in [2.24, 2.45) is 0 Å². The van der Waals surface area contributed by atoms with Gasteiger partial charge in [-0.2, -0.15) is 0 Å². The van der Waals surface area contributed by atoms with E-state index in [0.29, 0.717) is 53.1 Å². The van der Waals surface area contributed by atoms with Crippen molar-refractivity contribution in [3.8, 4) is 23.3 Å². The van der Waals surface area contributed by atoms with E-state index in [4.69, 9.17) is 14.3 Å². The SMILES string of the molecule is COc1cc2c(=O)[nH]c(C)nc2c(C#CCCCCC(=O)N(C)OC)c1OC. The maximum atomic E-state index is 12.3. The highest BCUT2D eigenvalue weighted by Crippen LogP contribution is 2.35. The fraction of sp³-hybridized carbons (Fsp3) is 0.450. The number of aryl methyl sites for hydroxylation is 1. The summed E-state index contributed by atoms with van der Waals surface area (Å²) < 4.78 is 10.8. The lowest BCUT2D eigenvalue weighted by molar-refractivity contribution is -0.168. The van der Waals surface area contributed by atoms with E-state index in [1.165, 1.54) is 26.4 Å². The van der Waals surface area contributed by atoms with Gasteiger partial charge >= 0.3 is 0 Å². The Kier molecular flexibility index (Phi) is 7.41. The van der Waals surface area contributed by atoms with Crippen LogP contribution in [0.2, 0.25) is 0 Å². The van der Waals surface area contributed by atoms with Gasteiger partial charge in [-0.1, -0.05) is 11.8 Å². The molecule has 0 saturated carbocycles. The van der Waals surface area contributed by atoms with Gasteiger partial charge in [0.15, 0.2) is 11.5 Å². The summed E-state index contributed by atoms with van der Waals surface area (Å²) in [6.07, 6.45) is 2.45. The number of hydrogen-bond donors (Lipinski definition) is 1. The summed E-state index contributed by atoms with van der Waals surface area (Å²) in [6, 6.07) is 1.60. The molecule has 1 heterocycles. The van der Waals surface area contributed by atoms with Gasteiger partial charge in [0.05, 0.1) is 37.8 Å². The summed E-state index contributed by atoms with van der Waals surface area (Å²) in [5, 5.41) is 1.60. The summed E-state index contributed by atoms with van der Waals surface area (Å²) in [4.78, 5) is 35.9. The zero-order valence-corrected chi connectivity index (χ0v) is 16.8. The van der Waals surface area contributed by atoms with E-state index in [1.54, 1.807) is 20.0 Å². The third-order valence-corrected chi connectivity index (χ3v) is 4.24. The first-order chi connectivity index (χ1) is 13.4. The summed E-state index contributed by atoms with van der Waals surface area (Å²) in [7, 11) is 6.06. The number of hydrogen-bond acceptors (Lipinski definition) is 6. The minimum atomic E-state index is -0.257. The number of amides is 1. The highest BCUT2D eigenvalue weighted by molar-refractivity contribution is 5.89. The van der Waals surface area contributed by atoms with Crippen LogP contribution >= 0.6 is 0 Å². The highest BCUT2D eigenvalue weighted by Gasteiger charge is 2.17. The van der Waals surface area contributed by atoms with Crippen LogP contribution in [-0.2, 0) is 9.63 Å². The number of methoxy groups -OCH3 is 2. The lowest BCUT2D eigenvalue weighted by Gasteiger charge is -2.12. The molecular formula is C20H25N3O5. The molecule has 1 amide bonds. The van der Waals surface area contributed by atoms with Crippen LogP contribution in [0.3, 0.4) is 0 Å². The van der Waals surface area contributed by atoms with E-state index in [1.807, 2.05) is 0 Å². The number of benzene rings is 1. The number of H-pyrrole nitrogens is 1. The number of carbonyl (C=O) groups excluding carboxylic acids is 1. The number of aromatic nitrogens is 2. The molecule has 1 aromatic heterocycles. The summed E-state index contributed by atoms with van der Waals surface area (Å²) in [5.74, 6) is 7.43. The van der Waals surface area contributed by atoms with E-state index in [9.17, 15) is 9.59 Å². The predicted molar refractivity (Wildman–Crippen MR) is 105 cm³/mol. The van der Waals surface area contributed by atoms with Gasteiger partial charge in [-0.25, -0.2) is 10.0 Å². The molecule has 1 aromatic carbocycles. The molecule has 8 heteroatoms. The number of carbonyl (C=O) groups is 1. The molecule has 150 valence electrons. The van der Waals surface area contributed by atoms with Crippen LogP contribution in [-0.4, -0.2) is 49.3 Å². The summed E-state index contributed by atoms with van der Waals surface area (Å²) in [5.41, 5.74) is 0.733. The van der Waals surface area contributed by atoms with Crippen LogP contribution in [0, 0.1) is 18.8 Å². The number of fused-ring (bicyclic) bond motifs is 1. The van der Waals surface area contributed by atoms with E-state index >= 15 is 0 Å². The molecule has 2 rings (SSSR count). The van der Waals surface area contributed by atoms with E-state index in [-0.39, 0.29) is 11.5 Å². The normalized spacial score (nSPS) is 10.3. The number of unbranched alkanes of at least 4 members (excludes halogenated alkanes) is 2. The van der Waals surface area contributed by atoms with Crippen molar-refractivity contribution >= 4 is 16.8 Å². The number of aromatic amines is 1. The van der Waals surface area contributed by atoms with Crippen molar-refractivity contribution < 1.29 is 19.1 Å². The summed E-state index contributed by atoms with van der Waals surface area (Å²) in [6.45, 7) is 1.71. The number of nitrogens with one attached hydrogen (secondary N) is 1. The molecule has 0 atom stereocenters. The lowest BCUT2D eigenvalue weighted by atomic mass is 10.1. The quantitative estimate of drug-likeness (QED) is 0.445. The van der Waals surface area contributed by atoms with Crippen LogP contribution in [0.1, 0.15) is 37.1 Å². The van der Waals surface area contributed by atoms with Gasteiger partial charge < -0.3 is 14.5 Å². The van der Waals surface area contributed by atoms with E-state index in [0.717, 1.165) is 6.42 Å². The second kappa shape index (κ2) is 9.76. The lowest BCUT2D eigenvalue weighted by Crippen LogP contribution is -2.24. The third-order valence-electron chi connectivity index (χ3n) is 4.24.